The minimum atomic E-state index is -0.0696. The quantitative estimate of drug-likeness (QED) is 0.575. The molecule has 3 nitrogen and oxygen atoms in total. The van der Waals surface area contributed by atoms with Crippen molar-refractivity contribution in [1.82, 2.24) is 0 Å². The summed E-state index contributed by atoms with van der Waals surface area (Å²) in [5, 5.41) is 8.80. The molecule has 0 unspecified atom stereocenters. The van der Waals surface area contributed by atoms with Crippen molar-refractivity contribution >= 4 is 5.78 Å². The molecule has 0 spiro atoms. The number of nitrogens with zero attached hydrogens (tertiary/aromatic N) is 1. The summed E-state index contributed by atoms with van der Waals surface area (Å²) < 4.78 is 5.52. The molecule has 3 heteroatoms. The second kappa shape index (κ2) is 5.86. The molecule has 1 rings (SSSR count). The summed E-state index contributed by atoms with van der Waals surface area (Å²) >= 11 is 0. The zero-order valence-electron chi connectivity index (χ0n) is 10.1. The van der Waals surface area contributed by atoms with Crippen molar-refractivity contribution in [2.45, 2.75) is 20.3 Å². The lowest BCUT2D eigenvalue weighted by Crippen LogP contribution is -2.03. The second-order valence-corrected chi connectivity index (χ2v) is 3.93. The molecule has 17 heavy (non-hydrogen) atoms. The van der Waals surface area contributed by atoms with Crippen LogP contribution in [0.4, 0.5) is 0 Å². The zero-order chi connectivity index (χ0) is 12.8. The van der Waals surface area contributed by atoms with E-state index in [2.05, 4.69) is 6.58 Å². The monoisotopic (exact) mass is 229 g/mol. The Kier molecular flexibility index (Phi) is 4.47. The van der Waals surface area contributed by atoms with Crippen LogP contribution in [0.25, 0.3) is 0 Å². The first-order chi connectivity index (χ1) is 8.04. The Morgan fingerprint density at radius 3 is 2.71 bits per heavy atom. The van der Waals surface area contributed by atoms with Gasteiger partial charge in [-0.25, -0.2) is 0 Å². The van der Waals surface area contributed by atoms with Crippen molar-refractivity contribution in [2.24, 2.45) is 0 Å². The van der Waals surface area contributed by atoms with Crippen molar-refractivity contribution in [1.29, 1.82) is 5.26 Å². The van der Waals surface area contributed by atoms with Gasteiger partial charge in [0.1, 0.15) is 5.75 Å². The van der Waals surface area contributed by atoms with Crippen LogP contribution in [0.3, 0.4) is 0 Å². The molecule has 1 aromatic carbocycles. The third-order valence-electron chi connectivity index (χ3n) is 2.28. The summed E-state index contributed by atoms with van der Waals surface area (Å²) in [5.74, 6) is 0.401. The SMILES string of the molecule is C=C(C)CCOc1cc(C#N)ccc1C(C)=O. The van der Waals surface area contributed by atoms with Crippen molar-refractivity contribution < 1.29 is 9.53 Å². The second-order valence-electron chi connectivity index (χ2n) is 3.93. The van der Waals surface area contributed by atoms with Gasteiger partial charge in [0.15, 0.2) is 5.78 Å². The van der Waals surface area contributed by atoms with Crippen molar-refractivity contribution in [3.8, 4) is 11.8 Å². The Hall–Kier alpha value is -2.08. The Morgan fingerprint density at radius 2 is 2.18 bits per heavy atom. The van der Waals surface area contributed by atoms with Crippen LogP contribution in [0.1, 0.15) is 36.2 Å². The molecule has 0 radical (unpaired) electrons. The molecule has 0 aliphatic carbocycles. The molecule has 0 aliphatic heterocycles. The molecule has 0 saturated carbocycles. The van der Waals surface area contributed by atoms with Gasteiger partial charge in [-0.05, 0) is 32.0 Å². The van der Waals surface area contributed by atoms with Crippen LogP contribution in [0.2, 0.25) is 0 Å². The number of Topliss-reactive ketones (excluding diaryl/α,β-unsaturated/α-hetero) is 1. The highest BCUT2D eigenvalue weighted by Gasteiger charge is 2.09. The van der Waals surface area contributed by atoms with E-state index in [1.165, 1.54) is 6.92 Å². The van der Waals surface area contributed by atoms with E-state index in [4.69, 9.17) is 10.00 Å². The van der Waals surface area contributed by atoms with Gasteiger partial charge in [-0.15, -0.1) is 6.58 Å². The van der Waals surface area contributed by atoms with Crippen LogP contribution in [-0.4, -0.2) is 12.4 Å². The lowest BCUT2D eigenvalue weighted by Gasteiger charge is -2.10. The molecule has 0 saturated heterocycles. The molecule has 0 aromatic heterocycles. The standard InChI is InChI=1S/C14H15NO2/c1-10(2)6-7-17-14-8-12(9-15)4-5-13(14)11(3)16/h4-5,8H,1,6-7H2,2-3H3. The van der Waals surface area contributed by atoms with Gasteiger partial charge in [-0.1, -0.05) is 5.57 Å². The fraction of sp³-hybridized carbons (Fsp3) is 0.286. The molecule has 88 valence electrons. The summed E-state index contributed by atoms with van der Waals surface area (Å²) in [6.45, 7) is 7.64. The molecule has 0 aliphatic rings. The van der Waals surface area contributed by atoms with Gasteiger partial charge < -0.3 is 4.74 Å². The Balaban J connectivity index is 2.90. The van der Waals surface area contributed by atoms with E-state index in [9.17, 15) is 4.79 Å². The third kappa shape index (κ3) is 3.76. The minimum absolute atomic E-state index is 0.0696. The lowest BCUT2D eigenvalue weighted by atomic mass is 10.1. The van der Waals surface area contributed by atoms with Gasteiger partial charge >= 0.3 is 0 Å². The highest BCUT2D eigenvalue weighted by Crippen LogP contribution is 2.21. The van der Waals surface area contributed by atoms with Gasteiger partial charge in [0.05, 0.1) is 23.8 Å². The van der Waals surface area contributed by atoms with E-state index in [1.807, 2.05) is 13.0 Å². The Bertz CT molecular complexity index is 483. The average molecular weight is 229 g/mol. The Morgan fingerprint density at radius 1 is 1.47 bits per heavy atom. The van der Waals surface area contributed by atoms with Gasteiger partial charge in [0.25, 0.3) is 0 Å². The number of carbonyl (C=O) groups excluding carboxylic acids is 1. The average Bonchev–Trinajstić information content (AvgIpc) is 2.28. The molecular weight excluding hydrogens is 214 g/mol. The first-order valence-electron chi connectivity index (χ1n) is 5.37. The maximum absolute atomic E-state index is 11.4. The van der Waals surface area contributed by atoms with E-state index in [0.29, 0.717) is 23.5 Å². The fourth-order valence-corrected chi connectivity index (χ4v) is 1.34. The number of hydrogen-bond acceptors (Lipinski definition) is 3. The van der Waals surface area contributed by atoms with Crippen LogP contribution >= 0.6 is 0 Å². The van der Waals surface area contributed by atoms with Gasteiger partial charge in [-0.3, -0.25) is 4.79 Å². The molecular formula is C14H15NO2. The maximum Gasteiger partial charge on any atom is 0.163 e. The molecule has 0 heterocycles. The molecule has 0 fully saturated rings. The normalized spacial score (nSPS) is 9.47. The van der Waals surface area contributed by atoms with Crippen LogP contribution in [0.5, 0.6) is 5.75 Å². The highest BCUT2D eigenvalue weighted by molar-refractivity contribution is 5.97. The number of hydrogen-bond donors (Lipinski definition) is 0. The summed E-state index contributed by atoms with van der Waals surface area (Å²) in [4.78, 5) is 11.4. The van der Waals surface area contributed by atoms with E-state index >= 15 is 0 Å². The lowest BCUT2D eigenvalue weighted by molar-refractivity contribution is 0.101. The molecule has 0 amide bonds. The van der Waals surface area contributed by atoms with Crippen LogP contribution in [0, 0.1) is 11.3 Å². The maximum atomic E-state index is 11.4. The topological polar surface area (TPSA) is 50.1 Å². The summed E-state index contributed by atoms with van der Waals surface area (Å²) in [6.07, 6.45) is 0.730. The predicted octanol–water partition coefficient (Wildman–Crippen LogP) is 3.11. The first kappa shape index (κ1) is 13.0. The van der Waals surface area contributed by atoms with Crippen LogP contribution < -0.4 is 4.74 Å². The van der Waals surface area contributed by atoms with Crippen molar-refractivity contribution in [3.63, 3.8) is 0 Å². The smallest absolute Gasteiger partial charge is 0.163 e. The number of ketones is 1. The highest BCUT2D eigenvalue weighted by atomic mass is 16.5. The van der Waals surface area contributed by atoms with Gasteiger partial charge in [0, 0.05) is 6.42 Å². The number of carbonyl (C=O) groups is 1. The van der Waals surface area contributed by atoms with Crippen molar-refractivity contribution in [2.75, 3.05) is 6.61 Å². The summed E-state index contributed by atoms with van der Waals surface area (Å²) in [5.41, 5.74) is 2.01. The molecule has 1 aromatic rings. The third-order valence-corrected chi connectivity index (χ3v) is 2.28. The van der Waals surface area contributed by atoms with Crippen molar-refractivity contribution in [3.05, 3.63) is 41.5 Å². The van der Waals surface area contributed by atoms with E-state index < -0.39 is 0 Å². The van der Waals surface area contributed by atoms with Crippen LogP contribution in [-0.2, 0) is 0 Å². The minimum Gasteiger partial charge on any atom is -0.492 e. The molecule has 0 atom stereocenters. The fourth-order valence-electron chi connectivity index (χ4n) is 1.34. The van der Waals surface area contributed by atoms with Gasteiger partial charge in [-0.2, -0.15) is 5.26 Å². The number of benzene rings is 1. The van der Waals surface area contributed by atoms with E-state index in [0.717, 1.165) is 12.0 Å². The largest absolute Gasteiger partial charge is 0.492 e. The van der Waals surface area contributed by atoms with Crippen LogP contribution in [0.15, 0.2) is 30.4 Å². The summed E-state index contributed by atoms with van der Waals surface area (Å²) in [6, 6.07) is 6.85. The first-order valence-corrected chi connectivity index (χ1v) is 5.37. The predicted molar refractivity (Wildman–Crippen MR) is 66.1 cm³/mol. The number of rotatable bonds is 5. The van der Waals surface area contributed by atoms with E-state index in [-0.39, 0.29) is 5.78 Å². The number of nitriles is 1. The van der Waals surface area contributed by atoms with Gasteiger partial charge in [0.2, 0.25) is 0 Å². The molecule has 0 bridgehead atoms. The Labute approximate surface area is 101 Å². The number of ether oxygens (including phenoxy) is 1. The molecule has 0 N–H and O–H groups in total. The zero-order valence-corrected chi connectivity index (χ0v) is 10.1. The summed E-state index contributed by atoms with van der Waals surface area (Å²) in [7, 11) is 0. The van der Waals surface area contributed by atoms with E-state index in [1.54, 1.807) is 18.2 Å².